The van der Waals surface area contributed by atoms with E-state index < -0.39 is 0 Å². The highest BCUT2D eigenvalue weighted by Gasteiger charge is 2.31. The first-order valence-electron chi connectivity index (χ1n) is 8.39. The molecule has 3 rings (SSSR count). The summed E-state index contributed by atoms with van der Waals surface area (Å²) in [6.07, 6.45) is 0.965. The summed E-state index contributed by atoms with van der Waals surface area (Å²) in [5.41, 5.74) is 2.33. The molecule has 1 aromatic heterocycles. The Balaban J connectivity index is 1.93. The maximum atomic E-state index is 13.1. The lowest BCUT2D eigenvalue weighted by molar-refractivity contribution is 0.0636. The first kappa shape index (κ1) is 17.0. The molecule has 0 aliphatic carbocycles. The zero-order chi connectivity index (χ0) is 17.1. The molecule has 1 atom stereocenters. The minimum absolute atomic E-state index is 0.00474. The van der Waals surface area contributed by atoms with E-state index in [1.807, 2.05) is 29.2 Å². The highest BCUT2D eigenvalue weighted by Crippen LogP contribution is 2.32. The lowest BCUT2D eigenvalue weighted by atomic mass is 10.0. The van der Waals surface area contributed by atoms with E-state index >= 15 is 0 Å². The fraction of sp³-hybridized carbons (Fsp3) is 0.421. The number of carbonyl (C=O) groups excluding carboxylic acids is 1. The first-order valence-corrected chi connectivity index (χ1v) is 9.21. The second kappa shape index (κ2) is 7.36. The second-order valence-corrected chi connectivity index (χ2v) is 7.26. The Labute approximate surface area is 147 Å². The largest absolute Gasteiger partial charge is 0.496 e. The summed E-state index contributed by atoms with van der Waals surface area (Å²) in [6, 6.07) is 10.0. The minimum atomic E-state index is -0.00474. The first-order chi connectivity index (χ1) is 11.7. The van der Waals surface area contributed by atoms with E-state index in [9.17, 15) is 4.79 Å². The number of methoxy groups -OCH3 is 1. The highest BCUT2D eigenvalue weighted by molar-refractivity contribution is 7.14. The van der Waals surface area contributed by atoms with Crippen molar-refractivity contribution in [3.05, 3.63) is 51.2 Å². The zero-order valence-electron chi connectivity index (χ0n) is 14.5. The van der Waals surface area contributed by atoms with Crippen molar-refractivity contribution in [3.63, 3.8) is 0 Å². The number of nitrogens with zero attached hydrogens (tertiary/aromatic N) is 1. The topological polar surface area (TPSA) is 41.6 Å². The predicted molar refractivity (Wildman–Crippen MR) is 98.1 cm³/mol. The molecule has 2 heterocycles. The van der Waals surface area contributed by atoms with Gasteiger partial charge in [-0.1, -0.05) is 25.1 Å². The molecule has 1 aliphatic rings. The van der Waals surface area contributed by atoms with Crippen LogP contribution in [0.5, 0.6) is 5.75 Å². The number of piperazine rings is 1. The smallest absolute Gasteiger partial charge is 0.264 e. The van der Waals surface area contributed by atoms with Crippen LogP contribution in [0.15, 0.2) is 30.3 Å². The number of para-hydroxylation sites is 1. The van der Waals surface area contributed by atoms with E-state index in [0.717, 1.165) is 35.7 Å². The number of benzene rings is 1. The van der Waals surface area contributed by atoms with Crippen LogP contribution in [0, 0.1) is 6.92 Å². The molecule has 128 valence electrons. The van der Waals surface area contributed by atoms with Gasteiger partial charge in [-0.25, -0.2) is 0 Å². The van der Waals surface area contributed by atoms with Crippen molar-refractivity contribution in [2.75, 3.05) is 26.7 Å². The minimum Gasteiger partial charge on any atom is -0.496 e. The van der Waals surface area contributed by atoms with Crippen molar-refractivity contribution in [2.45, 2.75) is 26.3 Å². The Morgan fingerprint density at radius 1 is 1.42 bits per heavy atom. The number of amides is 1. The molecule has 1 fully saturated rings. The quantitative estimate of drug-likeness (QED) is 0.924. The summed E-state index contributed by atoms with van der Waals surface area (Å²) in [4.78, 5) is 17.2. The van der Waals surface area contributed by atoms with Gasteiger partial charge in [0.05, 0.1) is 18.0 Å². The average Bonchev–Trinajstić information content (AvgIpc) is 3.02. The van der Waals surface area contributed by atoms with Crippen LogP contribution >= 0.6 is 11.3 Å². The molecule has 1 N–H and O–H groups in total. The number of hydrogen-bond acceptors (Lipinski definition) is 4. The van der Waals surface area contributed by atoms with Gasteiger partial charge in [-0.15, -0.1) is 11.3 Å². The third-order valence-corrected chi connectivity index (χ3v) is 5.70. The van der Waals surface area contributed by atoms with Crippen molar-refractivity contribution in [2.24, 2.45) is 0 Å². The molecule has 0 spiro atoms. The van der Waals surface area contributed by atoms with E-state index in [4.69, 9.17) is 4.74 Å². The van der Waals surface area contributed by atoms with E-state index in [2.05, 4.69) is 25.2 Å². The third-order valence-electron chi connectivity index (χ3n) is 4.61. The number of aryl methyl sites for hydroxylation is 2. The van der Waals surface area contributed by atoms with Crippen molar-refractivity contribution in [1.29, 1.82) is 0 Å². The summed E-state index contributed by atoms with van der Waals surface area (Å²) < 4.78 is 5.51. The fourth-order valence-electron chi connectivity index (χ4n) is 3.28. The van der Waals surface area contributed by atoms with Gasteiger partial charge in [0.1, 0.15) is 5.75 Å². The molecule has 0 saturated carbocycles. The zero-order valence-corrected chi connectivity index (χ0v) is 15.3. The van der Waals surface area contributed by atoms with Crippen LogP contribution in [0.25, 0.3) is 0 Å². The Hall–Kier alpha value is -1.85. The number of nitrogens with one attached hydrogen (secondary N) is 1. The number of ether oxygens (including phenoxy) is 1. The molecule has 0 radical (unpaired) electrons. The highest BCUT2D eigenvalue weighted by atomic mass is 32.1. The van der Waals surface area contributed by atoms with E-state index in [-0.39, 0.29) is 11.9 Å². The molecule has 1 aliphatic heterocycles. The monoisotopic (exact) mass is 344 g/mol. The molecule has 1 aromatic carbocycles. The van der Waals surface area contributed by atoms with Crippen LogP contribution in [0.1, 0.15) is 38.6 Å². The number of thiophene rings is 1. The Kier molecular flexibility index (Phi) is 5.21. The molecule has 4 nitrogen and oxygen atoms in total. The van der Waals surface area contributed by atoms with Gasteiger partial charge in [-0.2, -0.15) is 0 Å². The van der Waals surface area contributed by atoms with E-state index in [1.54, 1.807) is 18.4 Å². The van der Waals surface area contributed by atoms with Crippen LogP contribution in [0.2, 0.25) is 0 Å². The molecular weight excluding hydrogens is 320 g/mol. The number of carbonyl (C=O) groups is 1. The molecule has 1 unspecified atom stereocenters. The van der Waals surface area contributed by atoms with Crippen LogP contribution in [-0.2, 0) is 6.42 Å². The molecule has 0 bridgehead atoms. The molecule has 1 amide bonds. The maximum Gasteiger partial charge on any atom is 0.264 e. The maximum absolute atomic E-state index is 13.1. The lowest BCUT2D eigenvalue weighted by Gasteiger charge is -2.36. The summed E-state index contributed by atoms with van der Waals surface area (Å²) >= 11 is 1.61. The summed E-state index contributed by atoms with van der Waals surface area (Å²) in [7, 11) is 1.68. The van der Waals surface area contributed by atoms with Gasteiger partial charge < -0.3 is 15.0 Å². The van der Waals surface area contributed by atoms with Crippen LogP contribution in [-0.4, -0.2) is 37.6 Å². The molecule has 5 heteroatoms. The van der Waals surface area contributed by atoms with Crippen molar-refractivity contribution in [3.8, 4) is 5.75 Å². The number of hydrogen-bond donors (Lipinski definition) is 1. The Morgan fingerprint density at radius 2 is 2.21 bits per heavy atom. The van der Waals surface area contributed by atoms with Crippen LogP contribution in [0.4, 0.5) is 0 Å². The van der Waals surface area contributed by atoms with Crippen LogP contribution < -0.4 is 10.1 Å². The standard InChI is InChI=1S/C19H24N2O2S/c1-4-14-11-18(24-13(14)2)19(22)21-10-9-20-12-16(21)15-7-5-6-8-17(15)23-3/h5-8,11,16,20H,4,9-10,12H2,1-3H3. The van der Waals surface area contributed by atoms with Crippen molar-refractivity contribution >= 4 is 17.2 Å². The lowest BCUT2D eigenvalue weighted by Crippen LogP contribution is -2.48. The molecular formula is C19H24N2O2S. The number of rotatable bonds is 4. The van der Waals surface area contributed by atoms with Gasteiger partial charge in [-0.3, -0.25) is 4.79 Å². The van der Waals surface area contributed by atoms with Gasteiger partial charge in [0.15, 0.2) is 0 Å². The van der Waals surface area contributed by atoms with Crippen molar-refractivity contribution in [1.82, 2.24) is 10.2 Å². The SMILES string of the molecule is CCc1cc(C(=O)N2CCNCC2c2ccccc2OC)sc1C. The van der Waals surface area contributed by atoms with Gasteiger partial charge in [0.25, 0.3) is 5.91 Å². The van der Waals surface area contributed by atoms with E-state index in [1.165, 1.54) is 10.4 Å². The average molecular weight is 344 g/mol. The van der Waals surface area contributed by atoms with Crippen LogP contribution in [0.3, 0.4) is 0 Å². The Bertz CT molecular complexity index is 726. The summed E-state index contributed by atoms with van der Waals surface area (Å²) in [5.74, 6) is 0.959. The van der Waals surface area contributed by atoms with E-state index in [0.29, 0.717) is 6.54 Å². The van der Waals surface area contributed by atoms with Gasteiger partial charge in [0.2, 0.25) is 0 Å². The molecule has 1 saturated heterocycles. The molecule has 2 aromatic rings. The fourth-order valence-corrected chi connectivity index (χ4v) is 4.35. The summed E-state index contributed by atoms with van der Waals surface area (Å²) in [6.45, 7) is 6.50. The van der Waals surface area contributed by atoms with Gasteiger partial charge in [-0.05, 0) is 31.0 Å². The summed E-state index contributed by atoms with van der Waals surface area (Å²) in [5, 5.41) is 3.40. The van der Waals surface area contributed by atoms with Crippen molar-refractivity contribution < 1.29 is 9.53 Å². The van der Waals surface area contributed by atoms with Gasteiger partial charge >= 0.3 is 0 Å². The Morgan fingerprint density at radius 3 is 2.92 bits per heavy atom. The van der Waals surface area contributed by atoms with Gasteiger partial charge in [0, 0.05) is 30.1 Å². The predicted octanol–water partition coefficient (Wildman–Crippen LogP) is 3.41. The normalized spacial score (nSPS) is 17.8. The third kappa shape index (κ3) is 3.19. The second-order valence-electron chi connectivity index (χ2n) is 6.01. The molecule has 24 heavy (non-hydrogen) atoms.